The summed E-state index contributed by atoms with van der Waals surface area (Å²) in [6.45, 7) is 4.54. The van der Waals surface area contributed by atoms with Crippen LogP contribution in [0.25, 0.3) is 32.9 Å². The molecule has 152 valence electrons. The van der Waals surface area contributed by atoms with Crippen molar-refractivity contribution in [2.75, 3.05) is 27.3 Å². The van der Waals surface area contributed by atoms with Crippen molar-refractivity contribution in [3.05, 3.63) is 65.7 Å². The number of pyridine rings is 1. The van der Waals surface area contributed by atoms with Crippen LogP contribution in [-0.2, 0) is 13.0 Å². The fraction of sp³-hybridized carbons (Fsp3) is 0.269. The molecule has 4 aromatic rings. The van der Waals surface area contributed by atoms with Crippen molar-refractivity contribution >= 4 is 21.7 Å². The monoisotopic (exact) mass is 398 g/mol. The lowest BCUT2D eigenvalue weighted by molar-refractivity contribution is 0.311. The van der Waals surface area contributed by atoms with Crippen LogP contribution >= 0.6 is 0 Å². The van der Waals surface area contributed by atoms with Crippen LogP contribution < -0.4 is 9.47 Å². The lowest BCUT2D eigenvalue weighted by Crippen LogP contribution is -2.27. The van der Waals surface area contributed by atoms with E-state index in [2.05, 4.69) is 60.5 Å². The zero-order chi connectivity index (χ0) is 20.7. The molecule has 0 unspecified atom stereocenters. The average molecular weight is 399 g/mol. The van der Waals surface area contributed by atoms with Crippen molar-refractivity contribution in [1.29, 1.82) is 0 Å². The summed E-state index contributed by atoms with van der Waals surface area (Å²) in [5.74, 6) is 1.51. The number of likely N-dealkylation sites (N-methyl/N-ethyl adjacent to an activating group) is 1. The van der Waals surface area contributed by atoms with Gasteiger partial charge in [-0.1, -0.05) is 30.3 Å². The number of benzene rings is 3. The van der Waals surface area contributed by atoms with Crippen molar-refractivity contribution < 1.29 is 9.47 Å². The van der Waals surface area contributed by atoms with Crippen molar-refractivity contribution in [2.45, 2.75) is 19.9 Å². The Morgan fingerprint density at radius 1 is 1.00 bits per heavy atom. The van der Waals surface area contributed by atoms with E-state index >= 15 is 0 Å². The van der Waals surface area contributed by atoms with Gasteiger partial charge in [0.2, 0.25) is 0 Å². The third kappa shape index (κ3) is 3.08. The summed E-state index contributed by atoms with van der Waals surface area (Å²) in [4.78, 5) is 7.55. The zero-order valence-electron chi connectivity index (χ0n) is 17.7. The fourth-order valence-electron chi connectivity index (χ4n) is 4.58. The fourth-order valence-corrected chi connectivity index (χ4v) is 4.58. The van der Waals surface area contributed by atoms with E-state index in [0.29, 0.717) is 6.61 Å². The summed E-state index contributed by atoms with van der Waals surface area (Å²) < 4.78 is 11.3. The molecule has 1 aliphatic rings. The van der Waals surface area contributed by atoms with Crippen LogP contribution in [0.4, 0.5) is 0 Å². The average Bonchev–Trinajstić information content (AvgIpc) is 2.78. The first-order chi connectivity index (χ1) is 14.7. The first-order valence-corrected chi connectivity index (χ1v) is 10.5. The quantitative estimate of drug-likeness (QED) is 0.428. The highest BCUT2D eigenvalue weighted by Crippen LogP contribution is 2.39. The van der Waals surface area contributed by atoms with Crippen molar-refractivity contribution in [3.8, 4) is 22.8 Å². The molecule has 1 aromatic heterocycles. The predicted molar refractivity (Wildman–Crippen MR) is 122 cm³/mol. The van der Waals surface area contributed by atoms with E-state index in [4.69, 9.17) is 14.5 Å². The summed E-state index contributed by atoms with van der Waals surface area (Å²) >= 11 is 0. The van der Waals surface area contributed by atoms with Gasteiger partial charge in [-0.25, -0.2) is 4.98 Å². The van der Waals surface area contributed by atoms with E-state index in [-0.39, 0.29) is 0 Å². The highest BCUT2D eigenvalue weighted by molar-refractivity contribution is 6.09. The first-order valence-electron chi connectivity index (χ1n) is 10.5. The minimum atomic E-state index is 0.595. The summed E-state index contributed by atoms with van der Waals surface area (Å²) in [5.41, 5.74) is 5.92. The van der Waals surface area contributed by atoms with Gasteiger partial charge in [-0.2, -0.15) is 0 Å². The van der Waals surface area contributed by atoms with Gasteiger partial charge in [0.1, 0.15) is 0 Å². The number of hydrogen-bond donors (Lipinski definition) is 0. The lowest BCUT2D eigenvalue weighted by atomic mass is 9.89. The highest BCUT2D eigenvalue weighted by atomic mass is 16.5. The van der Waals surface area contributed by atoms with E-state index in [1.54, 1.807) is 7.11 Å². The predicted octanol–water partition coefficient (Wildman–Crippen LogP) is 5.45. The van der Waals surface area contributed by atoms with Crippen molar-refractivity contribution in [2.24, 2.45) is 0 Å². The molecule has 0 saturated carbocycles. The van der Waals surface area contributed by atoms with E-state index in [1.165, 1.54) is 27.3 Å². The van der Waals surface area contributed by atoms with Crippen LogP contribution in [0.1, 0.15) is 18.1 Å². The molecule has 0 amide bonds. The molecule has 4 nitrogen and oxygen atoms in total. The Labute approximate surface area is 177 Å². The Morgan fingerprint density at radius 2 is 1.87 bits per heavy atom. The number of aromatic nitrogens is 1. The third-order valence-electron chi connectivity index (χ3n) is 6.00. The molecule has 0 N–H and O–H groups in total. The lowest BCUT2D eigenvalue weighted by Gasteiger charge is -2.28. The Kier molecular flexibility index (Phi) is 4.80. The van der Waals surface area contributed by atoms with Gasteiger partial charge in [0.15, 0.2) is 11.5 Å². The summed E-state index contributed by atoms with van der Waals surface area (Å²) in [6.07, 6.45) is 1.03. The summed E-state index contributed by atoms with van der Waals surface area (Å²) in [6, 6.07) is 19.1. The van der Waals surface area contributed by atoms with Crippen molar-refractivity contribution in [1.82, 2.24) is 9.88 Å². The minimum Gasteiger partial charge on any atom is -0.493 e. The topological polar surface area (TPSA) is 34.6 Å². The van der Waals surface area contributed by atoms with Gasteiger partial charge in [-0.15, -0.1) is 0 Å². The van der Waals surface area contributed by atoms with Crippen LogP contribution in [-0.4, -0.2) is 37.2 Å². The molecule has 30 heavy (non-hydrogen) atoms. The number of nitrogens with zero attached hydrogens (tertiary/aromatic N) is 2. The molecule has 0 fully saturated rings. The number of hydrogen-bond acceptors (Lipinski definition) is 4. The second-order valence-corrected chi connectivity index (χ2v) is 7.88. The standard InChI is InChI=1S/C26H26N2O2/c1-4-30-24-15-18(10-12-23(24)29-3)26-21-16-28(2)14-13-20(21)25-19-8-6-5-7-17(19)9-11-22(25)27-26/h5-12,15H,4,13-14,16H2,1-3H3. The minimum absolute atomic E-state index is 0.595. The molecule has 0 radical (unpaired) electrons. The van der Waals surface area contributed by atoms with E-state index in [0.717, 1.165) is 47.8 Å². The number of methoxy groups -OCH3 is 1. The smallest absolute Gasteiger partial charge is 0.161 e. The normalized spacial score (nSPS) is 14.1. The molecular weight excluding hydrogens is 372 g/mol. The van der Waals surface area contributed by atoms with E-state index in [9.17, 15) is 0 Å². The van der Waals surface area contributed by atoms with E-state index in [1.807, 2.05) is 13.0 Å². The third-order valence-corrected chi connectivity index (χ3v) is 6.00. The molecule has 0 spiro atoms. The maximum absolute atomic E-state index is 5.84. The maximum atomic E-state index is 5.84. The van der Waals surface area contributed by atoms with Gasteiger partial charge in [0.25, 0.3) is 0 Å². The van der Waals surface area contributed by atoms with Gasteiger partial charge in [-0.05, 0) is 66.6 Å². The van der Waals surface area contributed by atoms with Gasteiger partial charge in [-0.3, -0.25) is 0 Å². The Bertz CT molecular complexity index is 1250. The van der Waals surface area contributed by atoms with E-state index < -0.39 is 0 Å². The molecule has 0 aliphatic carbocycles. The van der Waals surface area contributed by atoms with Gasteiger partial charge in [0.05, 0.1) is 24.9 Å². The molecule has 0 bridgehead atoms. The van der Waals surface area contributed by atoms with Gasteiger partial charge >= 0.3 is 0 Å². The molecule has 1 aliphatic heterocycles. The van der Waals surface area contributed by atoms with Crippen LogP contribution in [0.2, 0.25) is 0 Å². The molecule has 5 rings (SSSR count). The highest BCUT2D eigenvalue weighted by Gasteiger charge is 2.23. The number of ether oxygens (including phenoxy) is 2. The van der Waals surface area contributed by atoms with Gasteiger partial charge < -0.3 is 14.4 Å². The molecule has 0 atom stereocenters. The van der Waals surface area contributed by atoms with Crippen molar-refractivity contribution in [3.63, 3.8) is 0 Å². The Balaban J connectivity index is 1.80. The Morgan fingerprint density at radius 3 is 2.70 bits per heavy atom. The Hall–Kier alpha value is -3.11. The second kappa shape index (κ2) is 7.62. The maximum Gasteiger partial charge on any atom is 0.161 e. The molecular formula is C26H26N2O2. The number of rotatable bonds is 4. The molecule has 2 heterocycles. The molecule has 4 heteroatoms. The second-order valence-electron chi connectivity index (χ2n) is 7.88. The first kappa shape index (κ1) is 18.9. The van der Waals surface area contributed by atoms with Crippen LogP contribution in [0, 0.1) is 0 Å². The largest absolute Gasteiger partial charge is 0.493 e. The van der Waals surface area contributed by atoms with Crippen LogP contribution in [0.3, 0.4) is 0 Å². The van der Waals surface area contributed by atoms with Crippen LogP contribution in [0.5, 0.6) is 11.5 Å². The van der Waals surface area contributed by atoms with Gasteiger partial charge in [0, 0.05) is 24.0 Å². The molecule has 0 saturated heterocycles. The summed E-state index contributed by atoms with van der Waals surface area (Å²) in [5, 5.41) is 3.86. The zero-order valence-corrected chi connectivity index (χ0v) is 17.7. The number of fused-ring (bicyclic) bond motifs is 5. The molecule has 3 aromatic carbocycles. The van der Waals surface area contributed by atoms with Crippen LogP contribution in [0.15, 0.2) is 54.6 Å². The summed E-state index contributed by atoms with van der Waals surface area (Å²) in [7, 11) is 3.85. The SMILES string of the molecule is CCOc1cc(-c2nc3ccc4ccccc4c3c3c2CN(C)CC3)ccc1OC.